The van der Waals surface area contributed by atoms with Gasteiger partial charge in [0.05, 0.1) is 10.6 Å². The molecular formula is C15H19Cl2N3OS. The number of thioether (sulfide) groups is 1. The van der Waals surface area contributed by atoms with Crippen LogP contribution in [0.4, 0.5) is 0 Å². The lowest BCUT2D eigenvalue weighted by Crippen LogP contribution is -2.34. The molecule has 0 unspecified atom stereocenters. The van der Waals surface area contributed by atoms with E-state index in [1.807, 2.05) is 24.3 Å². The Morgan fingerprint density at radius 1 is 1.27 bits per heavy atom. The maximum atomic E-state index is 6.33. The Balaban J connectivity index is 0.00000176. The third-order valence-electron chi connectivity index (χ3n) is 3.82. The summed E-state index contributed by atoms with van der Waals surface area (Å²) in [5, 5.41) is 4.85. The molecule has 2 N–H and O–H groups in total. The molecule has 1 fully saturated rings. The van der Waals surface area contributed by atoms with E-state index in [4.69, 9.17) is 21.9 Å². The molecule has 7 heteroatoms. The van der Waals surface area contributed by atoms with Crippen molar-refractivity contribution >= 4 is 35.8 Å². The van der Waals surface area contributed by atoms with Gasteiger partial charge in [0.15, 0.2) is 5.82 Å². The standard InChI is InChI=1S/C15H18ClN3OS.ClH/c16-11-5-1-2-6-12(11)21-10-7-13-18-14(19-20-13)15(17)8-3-4-9-15;/h1-2,5-6H,3-4,7-10,17H2;1H. The normalized spacial score (nSPS) is 16.5. The van der Waals surface area contributed by atoms with E-state index in [1.54, 1.807) is 11.8 Å². The molecule has 1 aliphatic rings. The average molecular weight is 360 g/mol. The fourth-order valence-electron chi connectivity index (χ4n) is 2.60. The van der Waals surface area contributed by atoms with Crippen molar-refractivity contribution in [2.45, 2.75) is 42.5 Å². The SMILES string of the molecule is Cl.NC1(c2noc(CCSc3ccccc3Cl)n2)CCCC1. The van der Waals surface area contributed by atoms with Crippen LogP contribution in [0.3, 0.4) is 0 Å². The fourth-order valence-corrected chi connectivity index (χ4v) is 3.77. The number of hydrogen-bond acceptors (Lipinski definition) is 5. The molecule has 0 bridgehead atoms. The van der Waals surface area contributed by atoms with Gasteiger partial charge in [-0.3, -0.25) is 0 Å². The summed E-state index contributed by atoms with van der Waals surface area (Å²) in [4.78, 5) is 5.54. The Labute approximate surface area is 145 Å². The van der Waals surface area contributed by atoms with Gasteiger partial charge in [-0.15, -0.1) is 24.2 Å². The summed E-state index contributed by atoms with van der Waals surface area (Å²) in [6.07, 6.45) is 4.89. The van der Waals surface area contributed by atoms with Crippen LogP contribution in [0.25, 0.3) is 0 Å². The number of benzene rings is 1. The minimum absolute atomic E-state index is 0. The number of rotatable bonds is 5. The number of aryl methyl sites for hydroxylation is 1. The molecule has 22 heavy (non-hydrogen) atoms. The molecule has 120 valence electrons. The summed E-state index contributed by atoms with van der Waals surface area (Å²) < 4.78 is 5.32. The van der Waals surface area contributed by atoms with Crippen molar-refractivity contribution in [1.82, 2.24) is 10.1 Å². The van der Waals surface area contributed by atoms with Crippen molar-refractivity contribution in [3.05, 3.63) is 41.0 Å². The van der Waals surface area contributed by atoms with Crippen LogP contribution in [-0.2, 0) is 12.0 Å². The van der Waals surface area contributed by atoms with Crippen LogP contribution < -0.4 is 5.73 Å². The lowest BCUT2D eigenvalue weighted by molar-refractivity contribution is 0.351. The van der Waals surface area contributed by atoms with Crippen LogP contribution in [-0.4, -0.2) is 15.9 Å². The molecule has 4 nitrogen and oxygen atoms in total. The molecule has 3 rings (SSSR count). The topological polar surface area (TPSA) is 64.9 Å². The van der Waals surface area contributed by atoms with Gasteiger partial charge < -0.3 is 10.3 Å². The maximum absolute atomic E-state index is 6.33. The van der Waals surface area contributed by atoms with Gasteiger partial charge in [-0.2, -0.15) is 4.98 Å². The molecule has 2 aromatic rings. The quantitative estimate of drug-likeness (QED) is 0.810. The highest BCUT2D eigenvalue weighted by Crippen LogP contribution is 2.34. The third kappa shape index (κ3) is 3.96. The minimum Gasteiger partial charge on any atom is -0.339 e. The highest BCUT2D eigenvalue weighted by Gasteiger charge is 2.35. The van der Waals surface area contributed by atoms with Gasteiger partial charge in [0.25, 0.3) is 0 Å². The van der Waals surface area contributed by atoms with Crippen molar-refractivity contribution in [2.75, 3.05) is 5.75 Å². The van der Waals surface area contributed by atoms with Crippen LogP contribution in [0.5, 0.6) is 0 Å². The second kappa shape index (κ2) is 7.68. The first-order chi connectivity index (χ1) is 10.2. The molecule has 1 aliphatic carbocycles. The van der Waals surface area contributed by atoms with Gasteiger partial charge in [-0.1, -0.05) is 41.7 Å². The van der Waals surface area contributed by atoms with Crippen molar-refractivity contribution in [3.8, 4) is 0 Å². The summed E-state index contributed by atoms with van der Waals surface area (Å²) >= 11 is 7.82. The van der Waals surface area contributed by atoms with Crippen LogP contribution in [0.2, 0.25) is 5.02 Å². The van der Waals surface area contributed by atoms with E-state index < -0.39 is 0 Å². The highest BCUT2D eigenvalue weighted by atomic mass is 35.5. The number of halogens is 2. The minimum atomic E-state index is -0.377. The number of nitrogens with two attached hydrogens (primary N) is 1. The second-order valence-corrected chi connectivity index (χ2v) is 6.95. The predicted octanol–water partition coefficient (Wildman–Crippen LogP) is 4.21. The summed E-state index contributed by atoms with van der Waals surface area (Å²) in [7, 11) is 0. The van der Waals surface area contributed by atoms with E-state index in [-0.39, 0.29) is 17.9 Å². The summed E-state index contributed by atoms with van der Waals surface area (Å²) in [6, 6.07) is 7.82. The van der Waals surface area contributed by atoms with Crippen LogP contribution in [0.15, 0.2) is 33.7 Å². The third-order valence-corrected chi connectivity index (χ3v) is 5.34. The second-order valence-electron chi connectivity index (χ2n) is 5.40. The Kier molecular flexibility index (Phi) is 6.15. The van der Waals surface area contributed by atoms with Crippen molar-refractivity contribution in [3.63, 3.8) is 0 Å². The predicted molar refractivity (Wildman–Crippen MR) is 91.8 cm³/mol. The Hall–Kier alpha value is -0.750. The fraction of sp³-hybridized carbons (Fsp3) is 0.467. The van der Waals surface area contributed by atoms with Crippen LogP contribution in [0, 0.1) is 0 Å². The first-order valence-corrected chi connectivity index (χ1v) is 8.53. The largest absolute Gasteiger partial charge is 0.339 e. The maximum Gasteiger partial charge on any atom is 0.227 e. The lowest BCUT2D eigenvalue weighted by Gasteiger charge is -2.17. The molecule has 1 aromatic heterocycles. The van der Waals surface area contributed by atoms with Crippen LogP contribution in [0.1, 0.15) is 37.4 Å². The molecule has 0 saturated heterocycles. The van der Waals surface area contributed by atoms with E-state index in [0.29, 0.717) is 11.7 Å². The van der Waals surface area contributed by atoms with E-state index in [2.05, 4.69) is 10.1 Å². The molecule has 0 radical (unpaired) electrons. The van der Waals surface area contributed by atoms with Gasteiger partial charge in [0, 0.05) is 17.1 Å². The summed E-state index contributed by atoms with van der Waals surface area (Å²) in [5.41, 5.74) is 5.95. The van der Waals surface area contributed by atoms with Crippen molar-refractivity contribution in [2.24, 2.45) is 5.73 Å². The molecule has 0 amide bonds. The zero-order chi connectivity index (χ0) is 14.7. The number of nitrogens with zero attached hydrogens (tertiary/aromatic N) is 2. The Morgan fingerprint density at radius 2 is 2.00 bits per heavy atom. The highest BCUT2D eigenvalue weighted by molar-refractivity contribution is 7.99. The lowest BCUT2D eigenvalue weighted by atomic mass is 9.99. The molecular weight excluding hydrogens is 341 g/mol. The van der Waals surface area contributed by atoms with Gasteiger partial charge in [-0.25, -0.2) is 0 Å². The molecule has 1 aromatic carbocycles. The average Bonchev–Trinajstić information content (AvgIpc) is 3.11. The smallest absolute Gasteiger partial charge is 0.227 e. The summed E-state index contributed by atoms with van der Waals surface area (Å²) in [5.74, 6) is 2.17. The first-order valence-electron chi connectivity index (χ1n) is 7.17. The monoisotopic (exact) mass is 359 g/mol. The molecule has 1 heterocycles. The van der Waals surface area contributed by atoms with E-state index in [9.17, 15) is 0 Å². The molecule has 1 saturated carbocycles. The van der Waals surface area contributed by atoms with E-state index in [1.165, 1.54) is 0 Å². The Morgan fingerprint density at radius 3 is 2.73 bits per heavy atom. The van der Waals surface area contributed by atoms with Gasteiger partial charge in [-0.05, 0) is 25.0 Å². The van der Waals surface area contributed by atoms with Gasteiger partial charge >= 0.3 is 0 Å². The number of aromatic nitrogens is 2. The van der Waals surface area contributed by atoms with Crippen LogP contribution >= 0.6 is 35.8 Å². The van der Waals surface area contributed by atoms with Crippen molar-refractivity contribution < 1.29 is 4.52 Å². The first kappa shape index (κ1) is 17.6. The Bertz CT molecular complexity index is 614. The van der Waals surface area contributed by atoms with Gasteiger partial charge in [0.2, 0.25) is 5.89 Å². The van der Waals surface area contributed by atoms with E-state index in [0.717, 1.165) is 47.8 Å². The molecule has 0 spiro atoms. The van der Waals surface area contributed by atoms with Gasteiger partial charge in [0.1, 0.15) is 0 Å². The molecule has 0 aliphatic heterocycles. The van der Waals surface area contributed by atoms with Crippen molar-refractivity contribution in [1.29, 1.82) is 0 Å². The zero-order valence-corrected chi connectivity index (χ0v) is 14.5. The summed E-state index contributed by atoms with van der Waals surface area (Å²) in [6.45, 7) is 0. The number of hydrogen-bond donors (Lipinski definition) is 1. The zero-order valence-electron chi connectivity index (χ0n) is 12.1. The molecule has 0 atom stereocenters. The van der Waals surface area contributed by atoms with E-state index >= 15 is 0 Å².